The molecule has 0 radical (unpaired) electrons. The van der Waals surface area contributed by atoms with Gasteiger partial charge >= 0.3 is 19.8 Å². The van der Waals surface area contributed by atoms with Gasteiger partial charge in [0, 0.05) is 12.8 Å². The minimum atomic E-state index is -4.39. The second kappa shape index (κ2) is 76.6. The molecule has 0 aromatic carbocycles. The van der Waals surface area contributed by atoms with E-state index in [1.807, 2.05) is 21.1 Å². The van der Waals surface area contributed by atoms with Gasteiger partial charge in [0.1, 0.15) is 19.8 Å². The highest BCUT2D eigenvalue weighted by atomic mass is 31.2. The van der Waals surface area contributed by atoms with E-state index in [1.165, 1.54) is 315 Å². The quantitative estimate of drug-likeness (QED) is 0.0211. The van der Waals surface area contributed by atoms with Gasteiger partial charge in [-0.3, -0.25) is 18.6 Å². The molecule has 0 rings (SSSR count). The van der Waals surface area contributed by atoms with Crippen molar-refractivity contribution in [3.05, 3.63) is 72.9 Å². The van der Waals surface area contributed by atoms with Crippen LogP contribution in [0.15, 0.2) is 72.9 Å². The largest absolute Gasteiger partial charge is 0.472 e. The van der Waals surface area contributed by atoms with Crippen LogP contribution in [-0.4, -0.2) is 74.9 Å². The number of rotatable bonds is 78. The molecule has 96 heavy (non-hydrogen) atoms. The van der Waals surface area contributed by atoms with Crippen LogP contribution < -0.4 is 0 Å². The number of unbranched alkanes of at least 4 members (excludes halogenated alkanes) is 52. The van der Waals surface area contributed by atoms with E-state index in [0.29, 0.717) is 23.9 Å². The molecule has 0 bridgehead atoms. The lowest BCUT2D eigenvalue weighted by molar-refractivity contribution is -0.870. The van der Waals surface area contributed by atoms with Gasteiger partial charge in [0.2, 0.25) is 0 Å². The molecule has 1 N–H and O–H groups in total. The van der Waals surface area contributed by atoms with E-state index in [9.17, 15) is 19.0 Å². The number of carbonyl (C=O) groups excluding carboxylic acids is 2. The number of nitrogens with zero attached hydrogens (tertiary/aromatic N) is 1. The van der Waals surface area contributed by atoms with Gasteiger partial charge in [-0.15, -0.1) is 0 Å². The van der Waals surface area contributed by atoms with Gasteiger partial charge < -0.3 is 18.9 Å². The summed E-state index contributed by atoms with van der Waals surface area (Å²) in [5.74, 6) is -0.773. The zero-order valence-electron chi connectivity index (χ0n) is 64.4. The molecule has 0 aromatic rings. The van der Waals surface area contributed by atoms with Gasteiger partial charge in [0.05, 0.1) is 27.7 Å². The Morgan fingerprint density at radius 3 is 0.896 bits per heavy atom. The first-order valence-electron chi connectivity index (χ1n) is 41.7. The van der Waals surface area contributed by atoms with Crippen molar-refractivity contribution < 1.29 is 42.1 Å². The van der Waals surface area contributed by atoms with Crippen molar-refractivity contribution in [2.75, 3.05) is 47.5 Å². The maximum atomic E-state index is 12.9. The fourth-order valence-electron chi connectivity index (χ4n) is 12.4. The molecule has 0 saturated carbocycles. The summed E-state index contributed by atoms with van der Waals surface area (Å²) in [6.07, 6.45) is 105. The van der Waals surface area contributed by atoms with Crippen molar-refractivity contribution in [3.63, 3.8) is 0 Å². The lowest BCUT2D eigenvalue weighted by Crippen LogP contribution is -2.37. The smallest absolute Gasteiger partial charge is 0.462 e. The van der Waals surface area contributed by atoms with Crippen LogP contribution >= 0.6 is 7.82 Å². The minimum absolute atomic E-state index is 0.0341. The molecule has 9 nitrogen and oxygen atoms in total. The van der Waals surface area contributed by atoms with Gasteiger partial charge in [0.15, 0.2) is 6.10 Å². The number of hydrogen-bond donors (Lipinski definition) is 1. The second-order valence-corrected chi connectivity index (χ2v) is 30.9. The van der Waals surface area contributed by atoms with Crippen molar-refractivity contribution >= 4 is 19.8 Å². The van der Waals surface area contributed by atoms with Gasteiger partial charge in [-0.1, -0.05) is 389 Å². The third-order valence-electron chi connectivity index (χ3n) is 18.7. The van der Waals surface area contributed by atoms with Crippen molar-refractivity contribution in [2.24, 2.45) is 0 Å². The summed E-state index contributed by atoms with van der Waals surface area (Å²) >= 11 is 0. The summed E-state index contributed by atoms with van der Waals surface area (Å²) < 4.78 is 34.9. The molecule has 562 valence electrons. The van der Waals surface area contributed by atoms with Crippen LogP contribution in [-0.2, 0) is 32.7 Å². The Balaban J connectivity index is 3.88. The van der Waals surface area contributed by atoms with E-state index < -0.39 is 26.5 Å². The highest BCUT2D eigenvalue weighted by Crippen LogP contribution is 2.43. The minimum Gasteiger partial charge on any atom is -0.462 e. The van der Waals surface area contributed by atoms with E-state index >= 15 is 0 Å². The molecule has 0 aliphatic rings. The van der Waals surface area contributed by atoms with Crippen molar-refractivity contribution in [1.29, 1.82) is 0 Å². The van der Waals surface area contributed by atoms with Gasteiger partial charge in [-0.25, -0.2) is 4.57 Å². The molecule has 0 aromatic heterocycles. The molecule has 0 saturated heterocycles. The van der Waals surface area contributed by atoms with E-state index in [1.54, 1.807) is 0 Å². The van der Waals surface area contributed by atoms with Crippen LogP contribution in [0.5, 0.6) is 0 Å². The zero-order valence-corrected chi connectivity index (χ0v) is 65.3. The summed E-state index contributed by atoms with van der Waals surface area (Å²) in [5, 5.41) is 0. The number of carbonyl (C=O) groups is 2. The van der Waals surface area contributed by atoms with Crippen LogP contribution in [0, 0.1) is 0 Å². The van der Waals surface area contributed by atoms with Gasteiger partial charge in [-0.2, -0.15) is 0 Å². The number of quaternary nitrogens is 1. The molecule has 0 aliphatic carbocycles. The fraction of sp³-hybridized carbons (Fsp3) is 0.837. The summed E-state index contributed by atoms with van der Waals surface area (Å²) in [7, 11) is 1.50. The summed E-state index contributed by atoms with van der Waals surface area (Å²) in [6.45, 7) is 4.39. The summed E-state index contributed by atoms with van der Waals surface area (Å²) in [4.78, 5) is 36.0. The number of likely N-dealkylation sites (N-methyl/N-ethyl adjacent to an activating group) is 1. The van der Waals surface area contributed by atoms with Crippen LogP contribution in [0.4, 0.5) is 0 Å². The van der Waals surface area contributed by atoms with E-state index in [0.717, 1.165) is 64.2 Å². The number of phosphoric acid groups is 1. The van der Waals surface area contributed by atoms with Crippen LogP contribution in [0.2, 0.25) is 0 Å². The predicted octanol–water partition coefficient (Wildman–Crippen LogP) is 27.8. The third-order valence-corrected chi connectivity index (χ3v) is 19.7. The Labute approximate surface area is 597 Å². The van der Waals surface area contributed by atoms with Crippen molar-refractivity contribution in [1.82, 2.24) is 0 Å². The first-order valence-corrected chi connectivity index (χ1v) is 43.2. The molecule has 0 heterocycles. The Kier molecular flexibility index (Phi) is 74.6. The zero-order chi connectivity index (χ0) is 69.7. The Bertz CT molecular complexity index is 1850. The predicted molar refractivity (Wildman–Crippen MR) is 418 cm³/mol. The van der Waals surface area contributed by atoms with E-state index in [2.05, 4.69) is 86.8 Å². The SMILES string of the molecule is CC/C=C\C/C=C\C/C=C\C/C=C\C/C=C\CCCCCCCCCCCCCCCCCCCCCCCCCCCC(=O)OC(COC(=O)CCCCCCCCCCCCCCCCCCCCC/C=C\CCCCCCCCCC)COP(=O)(O)OCC[N+](C)(C)C. The molecule has 2 unspecified atom stereocenters. The normalized spacial score (nSPS) is 13.4. The van der Waals surface area contributed by atoms with Crippen molar-refractivity contribution in [2.45, 2.75) is 418 Å². The monoisotopic (exact) mass is 1370 g/mol. The number of phosphoric ester groups is 1. The molecule has 0 amide bonds. The number of ether oxygens (including phenoxy) is 2. The van der Waals surface area contributed by atoms with E-state index in [-0.39, 0.29) is 25.6 Å². The first kappa shape index (κ1) is 93.5. The average Bonchev–Trinajstić information content (AvgIpc) is 2.54. The highest BCUT2D eigenvalue weighted by molar-refractivity contribution is 7.47. The van der Waals surface area contributed by atoms with Gasteiger partial charge in [0.25, 0.3) is 0 Å². The Hall–Kier alpha value is -2.55. The molecular weight excluding hydrogens is 1210 g/mol. The topological polar surface area (TPSA) is 108 Å². The second-order valence-electron chi connectivity index (χ2n) is 29.5. The summed E-state index contributed by atoms with van der Waals surface area (Å²) in [6, 6.07) is 0. The Morgan fingerprint density at radius 1 is 0.333 bits per heavy atom. The molecule has 2 atom stereocenters. The van der Waals surface area contributed by atoms with Crippen LogP contribution in [0.1, 0.15) is 412 Å². The highest BCUT2D eigenvalue weighted by Gasteiger charge is 2.27. The molecule has 0 fully saturated rings. The number of allylic oxidation sites excluding steroid dienone is 12. The molecule has 0 aliphatic heterocycles. The number of hydrogen-bond acceptors (Lipinski definition) is 7. The summed E-state index contributed by atoms with van der Waals surface area (Å²) in [5.41, 5.74) is 0. The lowest BCUT2D eigenvalue weighted by atomic mass is 10.0. The van der Waals surface area contributed by atoms with Crippen molar-refractivity contribution in [3.8, 4) is 0 Å². The standard InChI is InChI=1S/C86H160NO8P/c1-6-8-10-12-14-16-18-20-22-24-26-28-30-32-34-36-38-39-40-41-42-43-44-45-46-47-49-51-53-55-57-59-61-63-65-67-69-71-73-75-77-79-86(89)95-84(83-94-96(90,91)93-81-80-87(3,4)5)82-92-85(88)78-76-74-72-70-68-66-64-62-60-58-56-54-52-50-48-37-35-33-31-29-27-25-23-21-19-17-15-13-11-9-7-2/h8,10,14,16,20,22,25-28,32,34,84H,6-7,9,11-13,15,17-19,21,23-24,29-31,33,35-83H2,1-5H3/p+1/b10-8-,16-14-,22-20-,27-25-,28-26-,34-32-. The fourth-order valence-corrected chi connectivity index (χ4v) is 13.1. The third kappa shape index (κ3) is 80.4. The number of esters is 2. The Morgan fingerprint density at radius 2 is 0.594 bits per heavy atom. The van der Waals surface area contributed by atoms with Crippen LogP contribution in [0.25, 0.3) is 0 Å². The molecular formula is C86H161NO8P+. The maximum absolute atomic E-state index is 12.9. The molecule has 0 spiro atoms. The average molecular weight is 1370 g/mol. The first-order chi connectivity index (χ1) is 47.0. The van der Waals surface area contributed by atoms with Gasteiger partial charge in [-0.05, 0) is 83.5 Å². The van der Waals surface area contributed by atoms with Crippen LogP contribution in [0.3, 0.4) is 0 Å². The maximum Gasteiger partial charge on any atom is 0.472 e. The lowest BCUT2D eigenvalue weighted by Gasteiger charge is -2.24. The van der Waals surface area contributed by atoms with E-state index in [4.69, 9.17) is 18.5 Å². The molecule has 10 heteroatoms.